The summed E-state index contributed by atoms with van der Waals surface area (Å²) in [5.74, 6) is -0.329. The molecule has 0 aliphatic carbocycles. The van der Waals surface area contributed by atoms with Crippen molar-refractivity contribution < 1.29 is 62.2 Å². The van der Waals surface area contributed by atoms with Crippen molar-refractivity contribution in [3.63, 3.8) is 0 Å². The molecule has 242 valence electrons. The number of nitro groups is 1. The summed E-state index contributed by atoms with van der Waals surface area (Å²) in [4.78, 5) is 20.5. The van der Waals surface area contributed by atoms with Gasteiger partial charge in [0.15, 0.2) is 0 Å². The van der Waals surface area contributed by atoms with Crippen LogP contribution in [0.2, 0.25) is 0 Å². The number of nitro benzene ring substituents is 1. The van der Waals surface area contributed by atoms with Crippen LogP contribution in [0.3, 0.4) is 0 Å². The lowest BCUT2D eigenvalue weighted by atomic mass is 10.3. The average Bonchev–Trinajstić information content (AvgIpc) is 2.98. The highest BCUT2D eigenvalue weighted by molar-refractivity contribution is 5.66. The summed E-state index contributed by atoms with van der Waals surface area (Å²) in [5.41, 5.74) is 0.0210. The zero-order valence-electron chi connectivity index (χ0n) is 24.2. The lowest BCUT2D eigenvalue weighted by molar-refractivity contribution is -0.384. The summed E-state index contributed by atoms with van der Waals surface area (Å²) in [7, 11) is 0. The normalized spacial score (nSPS) is 11.1. The SMILES string of the molecule is O=C(O)CCOCCOCCOCCOCCOCCOCCOCCOCCOCCOc1ccc([N+](=O)[O-])cc1. The number of non-ortho nitro benzene ring substituents is 1. The summed E-state index contributed by atoms with van der Waals surface area (Å²) >= 11 is 0. The van der Waals surface area contributed by atoms with Crippen LogP contribution in [0.25, 0.3) is 0 Å². The van der Waals surface area contributed by atoms with Crippen LogP contribution >= 0.6 is 0 Å². The number of carbonyl (C=O) groups is 1. The van der Waals surface area contributed by atoms with Crippen LogP contribution in [0, 0.1) is 10.1 Å². The third-order valence-electron chi connectivity index (χ3n) is 4.98. The first-order valence-electron chi connectivity index (χ1n) is 13.9. The molecule has 15 heteroatoms. The molecule has 42 heavy (non-hydrogen) atoms. The molecule has 0 aliphatic heterocycles. The van der Waals surface area contributed by atoms with Gasteiger partial charge in [-0.1, -0.05) is 0 Å². The van der Waals surface area contributed by atoms with Crippen LogP contribution in [0.1, 0.15) is 6.42 Å². The van der Waals surface area contributed by atoms with Crippen LogP contribution in [0.5, 0.6) is 5.75 Å². The fourth-order valence-corrected chi connectivity index (χ4v) is 2.90. The van der Waals surface area contributed by atoms with E-state index in [9.17, 15) is 14.9 Å². The Hall–Kier alpha value is -2.47. The van der Waals surface area contributed by atoms with Gasteiger partial charge in [-0.15, -0.1) is 0 Å². The minimum Gasteiger partial charge on any atom is -0.491 e. The molecule has 0 amide bonds. The van der Waals surface area contributed by atoms with E-state index in [0.717, 1.165) is 0 Å². The smallest absolute Gasteiger partial charge is 0.305 e. The van der Waals surface area contributed by atoms with Gasteiger partial charge in [-0.2, -0.15) is 0 Å². The number of carboxylic acids is 1. The van der Waals surface area contributed by atoms with Crippen molar-refractivity contribution in [2.24, 2.45) is 0 Å². The van der Waals surface area contributed by atoms with E-state index in [-0.39, 0.29) is 18.7 Å². The first kappa shape index (κ1) is 37.6. The van der Waals surface area contributed by atoms with Gasteiger partial charge in [-0.25, -0.2) is 0 Å². The van der Waals surface area contributed by atoms with Crippen molar-refractivity contribution in [2.45, 2.75) is 6.42 Å². The van der Waals surface area contributed by atoms with Crippen molar-refractivity contribution in [2.75, 3.05) is 126 Å². The van der Waals surface area contributed by atoms with Crippen LogP contribution in [0.15, 0.2) is 24.3 Å². The van der Waals surface area contributed by atoms with Crippen LogP contribution in [-0.2, 0) is 47.4 Å². The molecule has 0 atom stereocenters. The molecule has 0 fully saturated rings. The Morgan fingerprint density at radius 1 is 0.524 bits per heavy atom. The minimum atomic E-state index is -0.880. The molecule has 0 aromatic heterocycles. The molecule has 0 spiro atoms. The van der Waals surface area contributed by atoms with Crippen molar-refractivity contribution >= 4 is 11.7 Å². The van der Waals surface area contributed by atoms with Crippen molar-refractivity contribution in [3.05, 3.63) is 34.4 Å². The molecule has 0 radical (unpaired) electrons. The molecule has 0 saturated carbocycles. The highest BCUT2D eigenvalue weighted by Crippen LogP contribution is 2.17. The molecule has 0 unspecified atom stereocenters. The second kappa shape index (κ2) is 28.6. The average molecular weight is 608 g/mol. The van der Waals surface area contributed by atoms with Gasteiger partial charge in [-0.3, -0.25) is 14.9 Å². The molecule has 1 N–H and O–H groups in total. The number of ether oxygens (including phenoxy) is 10. The summed E-state index contributed by atoms with van der Waals surface area (Å²) < 4.78 is 53.8. The Morgan fingerprint density at radius 3 is 1.10 bits per heavy atom. The topological polar surface area (TPSA) is 173 Å². The van der Waals surface area contributed by atoms with Crippen molar-refractivity contribution in [3.8, 4) is 5.75 Å². The standard InChI is InChI=1S/C27H45NO14/c29-27(30)5-6-33-7-8-34-9-10-35-11-12-36-13-14-37-15-16-38-17-18-39-19-20-40-21-22-41-23-24-42-26-3-1-25(2-4-26)28(31)32/h1-4H,5-24H2,(H,29,30). The number of hydrogen-bond acceptors (Lipinski definition) is 13. The fourth-order valence-electron chi connectivity index (χ4n) is 2.90. The third kappa shape index (κ3) is 25.3. The predicted molar refractivity (Wildman–Crippen MR) is 148 cm³/mol. The minimum absolute atomic E-state index is 0.00828. The Bertz CT molecular complexity index is 768. The van der Waals surface area contributed by atoms with Crippen LogP contribution in [-0.4, -0.2) is 142 Å². The molecule has 1 aromatic carbocycles. The maximum absolute atomic E-state index is 10.6. The van der Waals surface area contributed by atoms with Gasteiger partial charge >= 0.3 is 5.97 Å². The van der Waals surface area contributed by atoms with Gasteiger partial charge in [-0.05, 0) is 12.1 Å². The summed E-state index contributed by atoms with van der Waals surface area (Å²) in [6, 6.07) is 5.89. The fraction of sp³-hybridized carbons (Fsp3) is 0.741. The van der Waals surface area contributed by atoms with Gasteiger partial charge in [0.2, 0.25) is 0 Å². The lowest BCUT2D eigenvalue weighted by Gasteiger charge is -2.09. The number of carboxylic acid groups (broad SMARTS) is 1. The first-order chi connectivity index (χ1) is 20.6. The summed E-state index contributed by atoms with van der Waals surface area (Å²) in [5, 5.41) is 19.1. The van der Waals surface area contributed by atoms with Gasteiger partial charge in [0, 0.05) is 12.1 Å². The van der Waals surface area contributed by atoms with Crippen molar-refractivity contribution in [1.82, 2.24) is 0 Å². The van der Waals surface area contributed by atoms with Crippen LogP contribution < -0.4 is 4.74 Å². The van der Waals surface area contributed by atoms with E-state index in [0.29, 0.717) is 125 Å². The Balaban J connectivity index is 1.67. The van der Waals surface area contributed by atoms with Gasteiger partial charge < -0.3 is 52.5 Å². The zero-order chi connectivity index (χ0) is 30.4. The third-order valence-corrected chi connectivity index (χ3v) is 4.98. The van der Waals surface area contributed by atoms with E-state index in [2.05, 4.69) is 0 Å². The molecule has 0 saturated heterocycles. The second-order valence-electron chi connectivity index (χ2n) is 8.25. The monoisotopic (exact) mass is 607 g/mol. The van der Waals surface area contributed by atoms with E-state index in [1.807, 2.05) is 0 Å². The maximum atomic E-state index is 10.6. The van der Waals surface area contributed by atoms with Crippen LogP contribution in [0.4, 0.5) is 5.69 Å². The van der Waals surface area contributed by atoms with Gasteiger partial charge in [0.05, 0.1) is 130 Å². The summed E-state index contributed by atoms with van der Waals surface area (Å²) in [6.45, 7) is 8.09. The molecule has 1 rings (SSSR count). The Kier molecular flexibility index (Phi) is 25.6. The maximum Gasteiger partial charge on any atom is 0.305 e. The van der Waals surface area contributed by atoms with Gasteiger partial charge in [0.25, 0.3) is 5.69 Å². The van der Waals surface area contributed by atoms with E-state index in [4.69, 9.17) is 52.5 Å². The number of rotatable bonds is 32. The highest BCUT2D eigenvalue weighted by Gasteiger charge is 2.04. The molecular formula is C27H45NO14. The second-order valence-corrected chi connectivity index (χ2v) is 8.25. The quantitative estimate of drug-likeness (QED) is 0.0711. The van der Waals surface area contributed by atoms with Gasteiger partial charge in [0.1, 0.15) is 12.4 Å². The Morgan fingerprint density at radius 2 is 0.810 bits per heavy atom. The lowest BCUT2D eigenvalue weighted by Crippen LogP contribution is -2.15. The van der Waals surface area contributed by atoms with E-state index in [1.54, 1.807) is 12.1 Å². The molecule has 0 bridgehead atoms. The van der Waals surface area contributed by atoms with E-state index in [1.165, 1.54) is 12.1 Å². The Labute approximate surface area is 246 Å². The zero-order valence-corrected chi connectivity index (χ0v) is 24.2. The molecule has 1 aromatic rings. The predicted octanol–water partition coefficient (Wildman–Crippen LogP) is 1.60. The molecular weight excluding hydrogens is 562 g/mol. The highest BCUT2D eigenvalue weighted by atomic mass is 16.6. The van der Waals surface area contributed by atoms with E-state index >= 15 is 0 Å². The first-order valence-corrected chi connectivity index (χ1v) is 13.9. The van der Waals surface area contributed by atoms with Crippen molar-refractivity contribution in [1.29, 1.82) is 0 Å². The largest absolute Gasteiger partial charge is 0.491 e. The molecule has 0 aliphatic rings. The number of aliphatic carboxylic acids is 1. The number of benzene rings is 1. The molecule has 15 nitrogen and oxygen atoms in total. The number of hydrogen-bond donors (Lipinski definition) is 1. The molecule has 0 heterocycles. The summed E-state index contributed by atoms with van der Waals surface area (Å²) in [6.07, 6.45) is -0.00828. The van der Waals surface area contributed by atoms with E-state index < -0.39 is 10.9 Å². The number of nitrogens with zero attached hydrogens (tertiary/aromatic N) is 1.